The Morgan fingerprint density at radius 3 is 2.88 bits per heavy atom. The minimum absolute atomic E-state index is 0.0753. The molecule has 0 bridgehead atoms. The van der Waals surface area contributed by atoms with Crippen LogP contribution in [0.2, 0.25) is 0 Å². The van der Waals surface area contributed by atoms with Gasteiger partial charge in [0.1, 0.15) is 11.9 Å². The quantitative estimate of drug-likeness (QED) is 0.868. The number of rotatable bonds is 6. The first-order valence-corrected chi connectivity index (χ1v) is 8.81. The zero-order chi connectivity index (χ0) is 17.6. The Bertz CT molecular complexity index is 686. The van der Waals surface area contributed by atoms with E-state index in [1.165, 1.54) is 0 Å². The van der Waals surface area contributed by atoms with E-state index in [9.17, 15) is 9.90 Å². The number of ether oxygens (including phenoxy) is 1. The largest absolute Gasteiger partial charge is 0.394 e. The molecule has 1 aromatic carbocycles. The molecule has 0 spiro atoms. The lowest BCUT2D eigenvalue weighted by Gasteiger charge is -2.41. The Labute approximate surface area is 148 Å². The second-order valence-electron chi connectivity index (χ2n) is 6.17. The van der Waals surface area contributed by atoms with Crippen molar-refractivity contribution in [3.63, 3.8) is 0 Å². The van der Waals surface area contributed by atoms with Gasteiger partial charge in [-0.25, -0.2) is 4.98 Å². The number of morpholine rings is 1. The van der Waals surface area contributed by atoms with E-state index in [1.807, 2.05) is 46.0 Å². The summed E-state index contributed by atoms with van der Waals surface area (Å²) in [6.45, 7) is 3.56. The summed E-state index contributed by atoms with van der Waals surface area (Å²) in [6.07, 6.45) is 4.55. The van der Waals surface area contributed by atoms with Gasteiger partial charge in [-0.1, -0.05) is 37.3 Å². The van der Waals surface area contributed by atoms with E-state index in [0.29, 0.717) is 26.1 Å². The van der Waals surface area contributed by atoms with Gasteiger partial charge in [0, 0.05) is 38.3 Å². The maximum atomic E-state index is 12.9. The van der Waals surface area contributed by atoms with Gasteiger partial charge in [-0.2, -0.15) is 0 Å². The molecule has 2 aromatic rings. The summed E-state index contributed by atoms with van der Waals surface area (Å²) in [5.74, 6) is 1.06. The van der Waals surface area contributed by atoms with Gasteiger partial charge in [0.05, 0.1) is 19.3 Å². The average molecular weight is 343 g/mol. The van der Waals surface area contributed by atoms with Crippen molar-refractivity contribution in [1.29, 1.82) is 0 Å². The molecule has 1 aromatic heterocycles. The van der Waals surface area contributed by atoms with Gasteiger partial charge in [0.15, 0.2) is 0 Å². The van der Waals surface area contributed by atoms with Crippen molar-refractivity contribution in [2.45, 2.75) is 38.5 Å². The number of aliphatic hydroxyl groups is 1. The molecule has 1 N–H and O–H groups in total. The van der Waals surface area contributed by atoms with Crippen LogP contribution in [0.4, 0.5) is 0 Å². The van der Waals surface area contributed by atoms with E-state index >= 15 is 0 Å². The van der Waals surface area contributed by atoms with E-state index in [2.05, 4.69) is 11.9 Å². The van der Waals surface area contributed by atoms with Gasteiger partial charge in [0.25, 0.3) is 0 Å². The number of imidazole rings is 1. The van der Waals surface area contributed by atoms with Crippen LogP contribution < -0.4 is 0 Å². The SMILES string of the molecule is CCc1nccn1CCC(=O)N1CCO[C@H](CO)[C@H]1c1ccccc1. The predicted molar refractivity (Wildman–Crippen MR) is 93.9 cm³/mol. The first kappa shape index (κ1) is 17.6. The van der Waals surface area contributed by atoms with Crippen LogP contribution in [0.3, 0.4) is 0 Å². The predicted octanol–water partition coefficient (Wildman–Crippen LogP) is 1.80. The number of carbonyl (C=O) groups is 1. The standard InChI is InChI=1S/C19H25N3O3/c1-2-17-20-9-11-21(17)10-8-18(24)22-12-13-25-16(14-23)19(22)15-6-4-3-5-7-15/h3-7,9,11,16,19,23H,2,8,10,12-14H2,1H3/t16-,19-/m1/s1. The van der Waals surface area contributed by atoms with Crippen molar-refractivity contribution in [1.82, 2.24) is 14.5 Å². The van der Waals surface area contributed by atoms with Gasteiger partial charge in [0.2, 0.25) is 5.91 Å². The molecular formula is C19H25N3O3. The first-order valence-electron chi connectivity index (χ1n) is 8.81. The average Bonchev–Trinajstić information content (AvgIpc) is 3.13. The summed E-state index contributed by atoms with van der Waals surface area (Å²) in [5.41, 5.74) is 0.992. The third-order valence-electron chi connectivity index (χ3n) is 4.68. The third-order valence-corrected chi connectivity index (χ3v) is 4.68. The molecule has 134 valence electrons. The highest BCUT2D eigenvalue weighted by Gasteiger charge is 2.35. The van der Waals surface area contributed by atoms with Crippen LogP contribution >= 0.6 is 0 Å². The van der Waals surface area contributed by atoms with Gasteiger partial charge >= 0.3 is 0 Å². The number of hydrogen-bond acceptors (Lipinski definition) is 4. The van der Waals surface area contributed by atoms with Crippen molar-refractivity contribution < 1.29 is 14.6 Å². The summed E-state index contributed by atoms with van der Waals surface area (Å²) in [5, 5.41) is 9.70. The van der Waals surface area contributed by atoms with E-state index in [4.69, 9.17) is 4.74 Å². The summed E-state index contributed by atoms with van der Waals surface area (Å²) in [7, 11) is 0. The molecule has 6 heteroatoms. The molecule has 25 heavy (non-hydrogen) atoms. The smallest absolute Gasteiger partial charge is 0.225 e. The Hall–Kier alpha value is -2.18. The Morgan fingerprint density at radius 1 is 1.36 bits per heavy atom. The molecule has 3 rings (SSSR count). The van der Waals surface area contributed by atoms with Gasteiger partial charge < -0.3 is 19.3 Å². The van der Waals surface area contributed by atoms with Gasteiger partial charge in [-0.05, 0) is 5.56 Å². The van der Waals surface area contributed by atoms with Crippen molar-refractivity contribution >= 4 is 5.91 Å². The molecule has 1 aliphatic heterocycles. The van der Waals surface area contributed by atoms with Crippen molar-refractivity contribution in [2.75, 3.05) is 19.8 Å². The fourth-order valence-electron chi connectivity index (χ4n) is 3.43. The first-order chi connectivity index (χ1) is 12.2. The highest BCUT2D eigenvalue weighted by Crippen LogP contribution is 2.30. The Morgan fingerprint density at radius 2 is 2.16 bits per heavy atom. The molecule has 1 aliphatic rings. The number of amides is 1. The van der Waals surface area contributed by atoms with E-state index in [-0.39, 0.29) is 24.7 Å². The summed E-state index contributed by atoms with van der Waals surface area (Å²) < 4.78 is 7.73. The van der Waals surface area contributed by atoms with E-state index in [1.54, 1.807) is 6.20 Å². The third kappa shape index (κ3) is 3.91. The fraction of sp³-hybridized carbons (Fsp3) is 0.474. The van der Waals surface area contributed by atoms with Crippen LogP contribution in [0, 0.1) is 0 Å². The van der Waals surface area contributed by atoms with E-state index < -0.39 is 0 Å². The van der Waals surface area contributed by atoms with Crippen molar-refractivity contribution in [2.24, 2.45) is 0 Å². The molecule has 1 fully saturated rings. The zero-order valence-electron chi connectivity index (χ0n) is 14.5. The topological polar surface area (TPSA) is 67.6 Å². The van der Waals surface area contributed by atoms with Gasteiger partial charge in [-0.3, -0.25) is 4.79 Å². The monoisotopic (exact) mass is 343 g/mol. The molecule has 2 heterocycles. The number of nitrogens with zero attached hydrogens (tertiary/aromatic N) is 3. The summed E-state index contributed by atoms with van der Waals surface area (Å²) >= 11 is 0. The highest BCUT2D eigenvalue weighted by atomic mass is 16.5. The number of aliphatic hydroxyl groups excluding tert-OH is 1. The molecule has 2 atom stereocenters. The van der Waals surface area contributed by atoms with Crippen LogP contribution in [-0.2, 0) is 22.5 Å². The van der Waals surface area contributed by atoms with Crippen LogP contribution in [-0.4, -0.2) is 51.3 Å². The number of aromatic nitrogens is 2. The molecule has 0 unspecified atom stereocenters. The fourth-order valence-corrected chi connectivity index (χ4v) is 3.43. The second kappa shape index (κ2) is 8.27. The molecule has 0 radical (unpaired) electrons. The molecule has 6 nitrogen and oxygen atoms in total. The lowest BCUT2D eigenvalue weighted by atomic mass is 9.98. The lowest BCUT2D eigenvalue weighted by Crippen LogP contribution is -2.49. The minimum Gasteiger partial charge on any atom is -0.394 e. The lowest BCUT2D eigenvalue weighted by molar-refractivity contribution is -0.150. The summed E-state index contributed by atoms with van der Waals surface area (Å²) in [6, 6.07) is 9.54. The number of carbonyl (C=O) groups excluding carboxylic acids is 1. The van der Waals surface area contributed by atoms with Gasteiger partial charge in [-0.15, -0.1) is 0 Å². The zero-order valence-corrected chi connectivity index (χ0v) is 14.5. The summed E-state index contributed by atoms with van der Waals surface area (Å²) in [4.78, 5) is 19.0. The van der Waals surface area contributed by atoms with Crippen molar-refractivity contribution in [3.05, 3.63) is 54.1 Å². The molecule has 1 amide bonds. The highest BCUT2D eigenvalue weighted by molar-refractivity contribution is 5.77. The maximum absolute atomic E-state index is 12.9. The minimum atomic E-state index is -0.389. The number of benzene rings is 1. The Balaban J connectivity index is 1.74. The molecule has 0 aliphatic carbocycles. The Kier molecular flexibility index (Phi) is 5.83. The van der Waals surface area contributed by atoms with E-state index in [0.717, 1.165) is 17.8 Å². The number of aryl methyl sites for hydroxylation is 2. The maximum Gasteiger partial charge on any atom is 0.225 e. The normalized spacial score (nSPS) is 20.6. The molecule has 0 saturated carbocycles. The van der Waals surface area contributed by atoms with Crippen LogP contribution in [0.15, 0.2) is 42.7 Å². The van der Waals surface area contributed by atoms with Crippen LogP contribution in [0.25, 0.3) is 0 Å². The van der Waals surface area contributed by atoms with Crippen LogP contribution in [0.1, 0.15) is 30.8 Å². The van der Waals surface area contributed by atoms with Crippen molar-refractivity contribution in [3.8, 4) is 0 Å². The number of hydrogen-bond donors (Lipinski definition) is 1. The molecule has 1 saturated heterocycles. The van der Waals surface area contributed by atoms with Crippen LogP contribution in [0.5, 0.6) is 0 Å². The second-order valence-corrected chi connectivity index (χ2v) is 6.17. The molecular weight excluding hydrogens is 318 g/mol.